The van der Waals surface area contributed by atoms with E-state index in [9.17, 15) is 17.6 Å². The molecule has 1 heterocycles. The highest BCUT2D eigenvalue weighted by molar-refractivity contribution is 5.59. The molecule has 0 saturated heterocycles. The van der Waals surface area contributed by atoms with Crippen LogP contribution in [-0.2, 0) is 0 Å². The van der Waals surface area contributed by atoms with E-state index < -0.39 is 29.0 Å². The number of benzene rings is 1. The molecule has 0 aliphatic carbocycles. The van der Waals surface area contributed by atoms with E-state index in [0.29, 0.717) is 0 Å². The van der Waals surface area contributed by atoms with E-state index in [1.165, 1.54) is 0 Å². The number of hydrogen-bond acceptors (Lipinski definition) is 4. The van der Waals surface area contributed by atoms with Crippen molar-refractivity contribution in [3.05, 3.63) is 41.7 Å². The minimum Gasteiger partial charge on any atom is -0.384 e. The molecule has 0 unspecified atom stereocenters. The van der Waals surface area contributed by atoms with Crippen LogP contribution in [0.25, 0.3) is 0 Å². The van der Waals surface area contributed by atoms with Gasteiger partial charge in [0, 0.05) is 12.1 Å². The van der Waals surface area contributed by atoms with Gasteiger partial charge in [-0.3, -0.25) is 0 Å². The number of nitrogens with zero attached hydrogens (tertiary/aromatic N) is 2. The fraction of sp³-hybridized carbons (Fsp3) is 0. The van der Waals surface area contributed by atoms with Crippen LogP contribution in [0.5, 0.6) is 0 Å². The third-order valence-electron chi connectivity index (χ3n) is 2.05. The highest BCUT2D eigenvalue weighted by Crippen LogP contribution is 2.26. The van der Waals surface area contributed by atoms with E-state index in [-0.39, 0.29) is 17.7 Å². The Kier molecular flexibility index (Phi) is 3.00. The molecule has 18 heavy (non-hydrogen) atoms. The van der Waals surface area contributed by atoms with Gasteiger partial charge < -0.3 is 11.1 Å². The summed E-state index contributed by atoms with van der Waals surface area (Å²) in [7, 11) is 0. The fourth-order valence-electron chi connectivity index (χ4n) is 1.25. The third kappa shape index (κ3) is 2.17. The average molecular weight is 258 g/mol. The summed E-state index contributed by atoms with van der Waals surface area (Å²) in [6, 6.07) is 1.27. The Morgan fingerprint density at radius 2 is 1.56 bits per heavy atom. The maximum absolute atomic E-state index is 13.3. The largest absolute Gasteiger partial charge is 0.384 e. The lowest BCUT2D eigenvalue weighted by atomic mass is 10.2. The Labute approximate surface area is 98.5 Å². The molecule has 0 saturated carbocycles. The van der Waals surface area contributed by atoms with E-state index in [2.05, 4.69) is 15.3 Å². The first-order valence-electron chi connectivity index (χ1n) is 4.66. The molecule has 0 bridgehead atoms. The average Bonchev–Trinajstić information content (AvgIpc) is 2.32. The zero-order chi connectivity index (χ0) is 13.3. The molecule has 0 spiro atoms. The Hall–Kier alpha value is -2.38. The number of nitrogens with one attached hydrogen (secondary N) is 1. The monoisotopic (exact) mass is 258 g/mol. The molecule has 0 amide bonds. The summed E-state index contributed by atoms with van der Waals surface area (Å²) in [5, 5.41) is 2.10. The van der Waals surface area contributed by atoms with Crippen LogP contribution in [0.3, 0.4) is 0 Å². The van der Waals surface area contributed by atoms with Gasteiger partial charge in [-0.15, -0.1) is 0 Å². The molecule has 0 fully saturated rings. The van der Waals surface area contributed by atoms with Crippen LogP contribution in [0.15, 0.2) is 18.5 Å². The SMILES string of the molecule is Nc1cc(Nc2c(F)c(F)cc(F)c2F)ncn1. The van der Waals surface area contributed by atoms with Gasteiger partial charge in [0.2, 0.25) is 0 Å². The summed E-state index contributed by atoms with van der Waals surface area (Å²) in [5.41, 5.74) is 4.34. The quantitative estimate of drug-likeness (QED) is 0.641. The van der Waals surface area contributed by atoms with Crippen LogP contribution in [0, 0.1) is 23.3 Å². The van der Waals surface area contributed by atoms with Crippen molar-refractivity contribution in [2.45, 2.75) is 0 Å². The molecule has 2 aromatic rings. The smallest absolute Gasteiger partial charge is 0.185 e. The molecule has 0 aliphatic rings. The van der Waals surface area contributed by atoms with E-state index in [0.717, 1.165) is 12.4 Å². The van der Waals surface area contributed by atoms with Crippen LogP contribution in [0.2, 0.25) is 0 Å². The van der Waals surface area contributed by atoms with Crippen molar-refractivity contribution in [3.8, 4) is 0 Å². The molecule has 1 aromatic carbocycles. The standard InChI is InChI=1S/C10H6F4N4/c11-4-1-5(12)9(14)10(8(4)13)18-7-2-6(15)16-3-17-7/h1-3H,(H3,15,16,17,18). The minimum atomic E-state index is -1.55. The van der Waals surface area contributed by atoms with Gasteiger partial charge in [-0.1, -0.05) is 0 Å². The van der Waals surface area contributed by atoms with Gasteiger partial charge in [0.15, 0.2) is 23.3 Å². The van der Waals surface area contributed by atoms with E-state index in [4.69, 9.17) is 5.73 Å². The first kappa shape index (κ1) is 12.1. The van der Waals surface area contributed by atoms with Crippen LogP contribution in [0.4, 0.5) is 34.9 Å². The molecule has 0 radical (unpaired) electrons. The number of halogens is 4. The van der Waals surface area contributed by atoms with E-state index >= 15 is 0 Å². The van der Waals surface area contributed by atoms with Crippen LogP contribution in [0.1, 0.15) is 0 Å². The summed E-state index contributed by atoms with van der Waals surface area (Å²) in [6.45, 7) is 0. The second-order valence-corrected chi connectivity index (χ2v) is 3.30. The maximum atomic E-state index is 13.3. The van der Waals surface area contributed by atoms with Crippen molar-refractivity contribution in [1.82, 2.24) is 9.97 Å². The van der Waals surface area contributed by atoms with Gasteiger partial charge in [-0.2, -0.15) is 0 Å². The van der Waals surface area contributed by atoms with Crippen molar-refractivity contribution in [3.63, 3.8) is 0 Å². The lowest BCUT2D eigenvalue weighted by Crippen LogP contribution is -2.04. The summed E-state index contributed by atoms with van der Waals surface area (Å²) in [4.78, 5) is 7.15. The minimum absolute atomic E-state index is 0.0326. The predicted molar refractivity (Wildman–Crippen MR) is 56.0 cm³/mol. The van der Waals surface area contributed by atoms with E-state index in [1.807, 2.05) is 0 Å². The third-order valence-corrected chi connectivity index (χ3v) is 2.05. The number of nitrogens with two attached hydrogens (primary N) is 1. The fourth-order valence-corrected chi connectivity index (χ4v) is 1.25. The molecule has 94 valence electrons. The van der Waals surface area contributed by atoms with Crippen molar-refractivity contribution < 1.29 is 17.6 Å². The summed E-state index contributed by atoms with van der Waals surface area (Å²) in [5.74, 6) is -6.19. The molecular formula is C10H6F4N4. The second-order valence-electron chi connectivity index (χ2n) is 3.30. The van der Waals surface area contributed by atoms with Crippen LogP contribution < -0.4 is 11.1 Å². The van der Waals surface area contributed by atoms with Crippen LogP contribution in [-0.4, -0.2) is 9.97 Å². The molecule has 0 atom stereocenters. The predicted octanol–water partition coefficient (Wildman–Crippen LogP) is 2.36. The summed E-state index contributed by atoms with van der Waals surface area (Å²) < 4.78 is 52.5. The molecule has 3 N–H and O–H groups in total. The topological polar surface area (TPSA) is 63.8 Å². The second kappa shape index (κ2) is 4.47. The van der Waals surface area contributed by atoms with Gasteiger partial charge in [0.05, 0.1) is 0 Å². The van der Waals surface area contributed by atoms with E-state index in [1.54, 1.807) is 0 Å². The molecule has 2 rings (SSSR count). The maximum Gasteiger partial charge on any atom is 0.185 e. The number of anilines is 3. The number of nitrogen functional groups attached to an aromatic ring is 1. The Balaban J connectivity index is 2.46. The van der Waals surface area contributed by atoms with Gasteiger partial charge in [0.1, 0.15) is 23.7 Å². The van der Waals surface area contributed by atoms with Gasteiger partial charge in [0.25, 0.3) is 0 Å². The number of hydrogen-bond donors (Lipinski definition) is 2. The highest BCUT2D eigenvalue weighted by atomic mass is 19.2. The first-order chi connectivity index (χ1) is 8.49. The normalized spacial score (nSPS) is 10.4. The summed E-state index contributed by atoms with van der Waals surface area (Å²) >= 11 is 0. The van der Waals surface area contributed by atoms with Gasteiger partial charge >= 0.3 is 0 Å². The summed E-state index contributed by atoms with van der Waals surface area (Å²) in [6.07, 6.45) is 1.03. The molecule has 8 heteroatoms. The first-order valence-corrected chi connectivity index (χ1v) is 4.66. The van der Waals surface area contributed by atoms with Crippen molar-refractivity contribution in [1.29, 1.82) is 0 Å². The molecule has 1 aromatic heterocycles. The number of rotatable bonds is 2. The Bertz CT molecular complexity index is 576. The van der Waals surface area contributed by atoms with Crippen molar-refractivity contribution in [2.75, 3.05) is 11.1 Å². The Morgan fingerprint density at radius 1 is 0.944 bits per heavy atom. The molecule has 4 nitrogen and oxygen atoms in total. The molecular weight excluding hydrogens is 252 g/mol. The highest BCUT2D eigenvalue weighted by Gasteiger charge is 2.19. The zero-order valence-corrected chi connectivity index (χ0v) is 8.72. The van der Waals surface area contributed by atoms with Gasteiger partial charge in [-0.05, 0) is 0 Å². The molecule has 0 aliphatic heterocycles. The lowest BCUT2D eigenvalue weighted by Gasteiger charge is -2.09. The van der Waals surface area contributed by atoms with Gasteiger partial charge in [-0.25, -0.2) is 27.5 Å². The Morgan fingerprint density at radius 3 is 2.11 bits per heavy atom. The lowest BCUT2D eigenvalue weighted by molar-refractivity contribution is 0.459. The van der Waals surface area contributed by atoms with Crippen LogP contribution >= 0.6 is 0 Å². The van der Waals surface area contributed by atoms with Crippen molar-refractivity contribution >= 4 is 17.3 Å². The number of aromatic nitrogens is 2. The zero-order valence-electron chi connectivity index (χ0n) is 8.72. The van der Waals surface area contributed by atoms with Crippen molar-refractivity contribution in [2.24, 2.45) is 0 Å².